The number of hydrogen-bond acceptors (Lipinski definition) is 3. The number of amides is 1. The fourth-order valence-corrected chi connectivity index (χ4v) is 2.15. The molecule has 1 amide bonds. The first-order valence-electron chi connectivity index (χ1n) is 5.73. The van der Waals surface area contributed by atoms with E-state index in [1.54, 1.807) is 0 Å². The third-order valence-corrected chi connectivity index (χ3v) is 2.95. The van der Waals surface area contributed by atoms with Crippen LogP contribution in [0.1, 0.15) is 36.6 Å². The van der Waals surface area contributed by atoms with Crippen molar-refractivity contribution in [2.75, 3.05) is 6.54 Å². The van der Waals surface area contributed by atoms with Gasteiger partial charge in [0.25, 0.3) is 0 Å². The molecule has 0 aromatic carbocycles. The van der Waals surface area contributed by atoms with Gasteiger partial charge in [-0.15, -0.1) is 0 Å². The van der Waals surface area contributed by atoms with E-state index in [0.717, 1.165) is 25.8 Å². The third-order valence-electron chi connectivity index (χ3n) is 2.95. The fraction of sp³-hybridized carbons (Fsp3) is 0.500. The molecule has 1 aliphatic carbocycles. The zero-order valence-corrected chi connectivity index (χ0v) is 9.28. The lowest BCUT2D eigenvalue weighted by Crippen LogP contribution is -2.22. The maximum absolute atomic E-state index is 10.6. The molecule has 1 aliphatic rings. The van der Waals surface area contributed by atoms with Gasteiger partial charge in [0.05, 0.1) is 11.7 Å². The van der Waals surface area contributed by atoms with Gasteiger partial charge >= 0.3 is 0 Å². The second-order valence-corrected chi connectivity index (χ2v) is 4.16. The minimum absolute atomic E-state index is 0.230. The minimum Gasteiger partial charge on any atom is -0.370 e. The van der Waals surface area contributed by atoms with E-state index in [1.807, 2.05) is 12.3 Å². The van der Waals surface area contributed by atoms with E-state index in [0.29, 0.717) is 12.5 Å². The summed E-state index contributed by atoms with van der Waals surface area (Å²) >= 11 is 0. The number of aromatic nitrogens is 1. The van der Waals surface area contributed by atoms with Gasteiger partial charge in [-0.3, -0.25) is 9.78 Å². The van der Waals surface area contributed by atoms with Crippen LogP contribution in [0.15, 0.2) is 18.3 Å². The number of aryl methyl sites for hydroxylation is 1. The van der Waals surface area contributed by atoms with Crippen molar-refractivity contribution in [2.24, 2.45) is 5.73 Å². The van der Waals surface area contributed by atoms with Crippen molar-refractivity contribution >= 4 is 5.91 Å². The zero-order chi connectivity index (χ0) is 11.4. The highest BCUT2D eigenvalue weighted by Gasteiger charge is 2.22. The number of fused-ring (bicyclic) bond motifs is 1. The largest absolute Gasteiger partial charge is 0.370 e. The molecule has 1 atom stereocenters. The van der Waals surface area contributed by atoms with Crippen LogP contribution in [-0.2, 0) is 11.2 Å². The monoisotopic (exact) mass is 219 g/mol. The molecule has 2 rings (SSSR count). The molecule has 16 heavy (non-hydrogen) atoms. The molecule has 0 bridgehead atoms. The lowest BCUT2D eigenvalue weighted by molar-refractivity contribution is -0.118. The van der Waals surface area contributed by atoms with Gasteiger partial charge in [-0.05, 0) is 37.4 Å². The first kappa shape index (κ1) is 11.1. The van der Waals surface area contributed by atoms with Crippen LogP contribution >= 0.6 is 0 Å². The molecule has 4 nitrogen and oxygen atoms in total. The highest BCUT2D eigenvalue weighted by atomic mass is 16.1. The summed E-state index contributed by atoms with van der Waals surface area (Å²) in [4.78, 5) is 15.0. The second-order valence-electron chi connectivity index (χ2n) is 4.16. The predicted octanol–water partition coefficient (Wildman–Crippen LogP) is 0.924. The van der Waals surface area contributed by atoms with E-state index in [2.05, 4.69) is 16.4 Å². The summed E-state index contributed by atoms with van der Waals surface area (Å²) in [7, 11) is 0. The topological polar surface area (TPSA) is 68.0 Å². The number of carbonyl (C=O) groups is 1. The van der Waals surface area contributed by atoms with Crippen LogP contribution in [0.3, 0.4) is 0 Å². The Hall–Kier alpha value is -1.42. The maximum atomic E-state index is 10.6. The number of rotatable bonds is 5. The molecule has 0 saturated heterocycles. The average Bonchev–Trinajstić information content (AvgIpc) is 2.68. The van der Waals surface area contributed by atoms with Crippen molar-refractivity contribution in [1.29, 1.82) is 0 Å². The van der Waals surface area contributed by atoms with Crippen molar-refractivity contribution in [1.82, 2.24) is 10.3 Å². The molecular formula is C12H17N3O. The van der Waals surface area contributed by atoms with Gasteiger partial charge in [0.2, 0.25) is 5.91 Å². The first-order chi connectivity index (χ1) is 7.77. The average molecular weight is 219 g/mol. The Bertz CT molecular complexity index is 378. The van der Waals surface area contributed by atoms with E-state index in [9.17, 15) is 4.79 Å². The van der Waals surface area contributed by atoms with Gasteiger partial charge in [0, 0.05) is 12.6 Å². The van der Waals surface area contributed by atoms with Crippen LogP contribution in [0.2, 0.25) is 0 Å². The quantitative estimate of drug-likeness (QED) is 0.724. The van der Waals surface area contributed by atoms with E-state index in [1.165, 1.54) is 11.3 Å². The number of nitrogens with one attached hydrogen (secondary N) is 1. The minimum atomic E-state index is -0.230. The standard InChI is InChI=1S/C12H17N3O/c13-11(16)4-2-7-14-10-6-5-9-3-1-8-15-12(9)10/h1,3,8,10,14H,2,4-7H2,(H2,13,16). The summed E-state index contributed by atoms with van der Waals surface area (Å²) in [6.07, 6.45) is 5.28. The van der Waals surface area contributed by atoms with Crippen LogP contribution < -0.4 is 11.1 Å². The summed E-state index contributed by atoms with van der Waals surface area (Å²) in [5.74, 6) is -0.230. The van der Waals surface area contributed by atoms with Crippen LogP contribution in [0, 0.1) is 0 Å². The summed E-state index contributed by atoms with van der Waals surface area (Å²) in [6.45, 7) is 0.823. The molecule has 86 valence electrons. The zero-order valence-electron chi connectivity index (χ0n) is 9.28. The van der Waals surface area contributed by atoms with E-state index >= 15 is 0 Å². The number of nitrogens with zero attached hydrogens (tertiary/aromatic N) is 1. The van der Waals surface area contributed by atoms with Crippen LogP contribution in [-0.4, -0.2) is 17.4 Å². The van der Waals surface area contributed by atoms with Gasteiger partial charge in [0.1, 0.15) is 0 Å². The highest BCUT2D eigenvalue weighted by molar-refractivity contribution is 5.73. The van der Waals surface area contributed by atoms with Crippen molar-refractivity contribution in [3.05, 3.63) is 29.6 Å². The van der Waals surface area contributed by atoms with Crippen LogP contribution in [0.5, 0.6) is 0 Å². The molecular weight excluding hydrogens is 202 g/mol. The Morgan fingerprint density at radius 1 is 1.62 bits per heavy atom. The number of carbonyl (C=O) groups excluding carboxylic acids is 1. The normalized spacial score (nSPS) is 18.4. The van der Waals surface area contributed by atoms with Crippen molar-refractivity contribution in [2.45, 2.75) is 31.7 Å². The molecule has 3 N–H and O–H groups in total. The SMILES string of the molecule is NC(=O)CCCNC1CCc2cccnc21. The Morgan fingerprint density at radius 3 is 3.31 bits per heavy atom. The van der Waals surface area contributed by atoms with E-state index < -0.39 is 0 Å². The Kier molecular flexibility index (Phi) is 3.51. The van der Waals surface area contributed by atoms with E-state index in [4.69, 9.17) is 5.73 Å². The van der Waals surface area contributed by atoms with Gasteiger partial charge in [-0.2, -0.15) is 0 Å². The lowest BCUT2D eigenvalue weighted by atomic mass is 10.2. The van der Waals surface area contributed by atoms with Gasteiger partial charge in [-0.1, -0.05) is 6.07 Å². The van der Waals surface area contributed by atoms with Crippen molar-refractivity contribution in [3.8, 4) is 0 Å². The highest BCUT2D eigenvalue weighted by Crippen LogP contribution is 2.28. The number of hydrogen-bond donors (Lipinski definition) is 2. The van der Waals surface area contributed by atoms with Crippen LogP contribution in [0.25, 0.3) is 0 Å². The smallest absolute Gasteiger partial charge is 0.217 e. The Morgan fingerprint density at radius 2 is 2.50 bits per heavy atom. The van der Waals surface area contributed by atoms with Crippen LogP contribution in [0.4, 0.5) is 0 Å². The third kappa shape index (κ3) is 2.58. The predicted molar refractivity (Wildman–Crippen MR) is 61.7 cm³/mol. The fourth-order valence-electron chi connectivity index (χ4n) is 2.15. The summed E-state index contributed by atoms with van der Waals surface area (Å²) in [5, 5.41) is 3.42. The lowest BCUT2D eigenvalue weighted by Gasteiger charge is -2.12. The van der Waals surface area contributed by atoms with Gasteiger partial charge < -0.3 is 11.1 Å². The molecule has 0 fully saturated rings. The molecule has 4 heteroatoms. The molecule has 0 spiro atoms. The Balaban J connectivity index is 1.82. The molecule has 0 saturated carbocycles. The summed E-state index contributed by atoms with van der Waals surface area (Å²) in [6, 6.07) is 4.46. The molecule has 1 unspecified atom stereocenters. The molecule has 1 aromatic rings. The summed E-state index contributed by atoms with van der Waals surface area (Å²) in [5.41, 5.74) is 7.59. The first-order valence-corrected chi connectivity index (χ1v) is 5.73. The molecule has 0 aliphatic heterocycles. The maximum Gasteiger partial charge on any atom is 0.217 e. The number of pyridine rings is 1. The van der Waals surface area contributed by atoms with Gasteiger partial charge in [-0.25, -0.2) is 0 Å². The number of nitrogens with two attached hydrogens (primary N) is 1. The molecule has 1 aromatic heterocycles. The van der Waals surface area contributed by atoms with Crippen molar-refractivity contribution < 1.29 is 4.79 Å². The van der Waals surface area contributed by atoms with Gasteiger partial charge in [0.15, 0.2) is 0 Å². The Labute approximate surface area is 95.3 Å². The number of primary amides is 1. The van der Waals surface area contributed by atoms with E-state index in [-0.39, 0.29) is 5.91 Å². The summed E-state index contributed by atoms with van der Waals surface area (Å²) < 4.78 is 0. The van der Waals surface area contributed by atoms with Crippen molar-refractivity contribution in [3.63, 3.8) is 0 Å². The molecule has 0 radical (unpaired) electrons. The second kappa shape index (κ2) is 5.07. The molecule has 1 heterocycles.